The number of nitrogens with two attached hydrogens (primary N) is 1. The Morgan fingerprint density at radius 2 is 2.00 bits per heavy atom. The summed E-state index contributed by atoms with van der Waals surface area (Å²) in [6.45, 7) is 8.24. The maximum atomic E-state index is 14.2. The molecule has 0 amide bonds. The molecule has 4 rings (SSSR count). The first-order chi connectivity index (χ1) is 15.8. The van der Waals surface area contributed by atoms with Gasteiger partial charge >= 0.3 is 0 Å². The molecule has 0 aromatic heterocycles. The second-order valence-corrected chi connectivity index (χ2v) is 8.60. The van der Waals surface area contributed by atoms with Crippen molar-refractivity contribution >= 4 is 17.6 Å². The van der Waals surface area contributed by atoms with Crippen molar-refractivity contribution in [1.82, 2.24) is 9.80 Å². The van der Waals surface area contributed by atoms with Gasteiger partial charge in [-0.1, -0.05) is 6.92 Å². The van der Waals surface area contributed by atoms with E-state index in [0.717, 1.165) is 31.6 Å². The minimum Gasteiger partial charge on any atom is -0.422 e. The molecule has 4 N–H and O–H groups in total. The maximum Gasteiger partial charge on any atom is 0.256 e. The minimum absolute atomic E-state index is 0.0277. The van der Waals surface area contributed by atoms with Crippen molar-refractivity contribution in [3.63, 3.8) is 0 Å². The molecule has 0 spiro atoms. The van der Waals surface area contributed by atoms with Crippen molar-refractivity contribution in [2.24, 2.45) is 16.6 Å². The minimum atomic E-state index is -0.456. The first-order valence-corrected chi connectivity index (χ1v) is 11.3. The predicted octanol–water partition coefficient (Wildman–Crippen LogP) is 2.78. The number of hydrogen-bond donors (Lipinski definition) is 3. The van der Waals surface area contributed by atoms with E-state index in [2.05, 4.69) is 15.5 Å². The summed E-state index contributed by atoms with van der Waals surface area (Å²) in [5.41, 5.74) is 4.79. The zero-order valence-corrected chi connectivity index (χ0v) is 19.6. The van der Waals surface area contributed by atoms with Gasteiger partial charge in [-0.3, -0.25) is 20.7 Å². The molecule has 1 aromatic carbocycles. The van der Waals surface area contributed by atoms with Crippen molar-refractivity contribution in [3.05, 3.63) is 35.4 Å². The number of ether oxygens (including phenoxy) is 2. The topological polar surface area (TPSA) is 111 Å². The van der Waals surface area contributed by atoms with Crippen LogP contribution in [0.15, 0.2) is 23.2 Å². The van der Waals surface area contributed by atoms with E-state index in [1.807, 2.05) is 13.8 Å². The van der Waals surface area contributed by atoms with E-state index in [1.54, 1.807) is 0 Å². The van der Waals surface area contributed by atoms with Gasteiger partial charge in [-0.25, -0.2) is 8.78 Å². The Bertz CT molecular complexity index is 911. The molecule has 2 fully saturated rings. The van der Waals surface area contributed by atoms with E-state index < -0.39 is 17.7 Å². The summed E-state index contributed by atoms with van der Waals surface area (Å²) in [6.07, 6.45) is 0.377. The van der Waals surface area contributed by atoms with Gasteiger partial charge in [-0.2, -0.15) is 0 Å². The van der Waals surface area contributed by atoms with Crippen molar-refractivity contribution < 1.29 is 18.3 Å². The van der Waals surface area contributed by atoms with Crippen LogP contribution in [0.25, 0.3) is 0 Å². The quantitative estimate of drug-likeness (QED) is 0.469. The molecule has 3 heterocycles. The lowest BCUT2D eigenvalue weighted by atomic mass is 9.88. The van der Waals surface area contributed by atoms with Gasteiger partial charge in [-0.05, 0) is 44.5 Å². The summed E-state index contributed by atoms with van der Waals surface area (Å²) in [7, 11) is 1.50. The van der Waals surface area contributed by atoms with Crippen LogP contribution in [-0.4, -0.2) is 78.8 Å². The second kappa shape index (κ2) is 10.7. The van der Waals surface area contributed by atoms with E-state index in [1.165, 1.54) is 20.0 Å². The average Bonchev–Trinajstić information content (AvgIpc) is 3.34. The van der Waals surface area contributed by atoms with Gasteiger partial charge in [0.25, 0.3) is 5.90 Å². The summed E-state index contributed by atoms with van der Waals surface area (Å²) in [6, 6.07) is 3.90. The number of benzene rings is 1. The molecule has 182 valence electrons. The number of likely N-dealkylation sites (tertiary alicyclic amines) is 1. The summed E-state index contributed by atoms with van der Waals surface area (Å²) in [4.78, 5) is 9.16. The molecule has 3 aliphatic heterocycles. The van der Waals surface area contributed by atoms with Crippen LogP contribution in [-0.2, 0) is 9.47 Å². The van der Waals surface area contributed by atoms with E-state index in [0.29, 0.717) is 19.0 Å². The van der Waals surface area contributed by atoms with Crippen LogP contribution >= 0.6 is 0 Å². The van der Waals surface area contributed by atoms with Gasteiger partial charge in [0.05, 0.1) is 24.8 Å². The van der Waals surface area contributed by atoms with Crippen molar-refractivity contribution in [2.75, 3.05) is 33.3 Å². The monoisotopic (exact) mass is 464 g/mol. The van der Waals surface area contributed by atoms with Gasteiger partial charge in [0.15, 0.2) is 11.7 Å². The summed E-state index contributed by atoms with van der Waals surface area (Å²) < 4.78 is 39.1. The van der Waals surface area contributed by atoms with Crippen molar-refractivity contribution in [1.29, 1.82) is 10.8 Å². The average molecular weight is 465 g/mol. The van der Waals surface area contributed by atoms with Crippen LogP contribution in [0.2, 0.25) is 0 Å². The molecule has 4 unspecified atom stereocenters. The number of halogens is 2. The first kappa shape index (κ1) is 25.2. The Morgan fingerprint density at radius 3 is 2.64 bits per heavy atom. The normalized spacial score (nSPS) is 29.1. The molecule has 10 heteroatoms. The third-order valence-corrected chi connectivity index (χ3v) is 6.46. The lowest BCUT2D eigenvalue weighted by Gasteiger charge is -2.39. The summed E-state index contributed by atoms with van der Waals surface area (Å²) >= 11 is 0. The number of nitrogens with zero attached hydrogens (tertiary/aromatic N) is 3. The fraction of sp³-hybridized carbons (Fsp3) is 0.609. The van der Waals surface area contributed by atoms with Crippen LogP contribution in [0.3, 0.4) is 0 Å². The third kappa shape index (κ3) is 5.23. The predicted molar refractivity (Wildman–Crippen MR) is 124 cm³/mol. The van der Waals surface area contributed by atoms with Gasteiger partial charge in [0.1, 0.15) is 11.6 Å². The smallest absolute Gasteiger partial charge is 0.256 e. The van der Waals surface area contributed by atoms with E-state index in [9.17, 15) is 8.78 Å². The van der Waals surface area contributed by atoms with Crippen LogP contribution in [0.1, 0.15) is 38.9 Å². The molecular weight excluding hydrogens is 430 g/mol. The Morgan fingerprint density at radius 1 is 1.27 bits per heavy atom. The molecule has 33 heavy (non-hydrogen) atoms. The fourth-order valence-corrected chi connectivity index (χ4v) is 5.07. The molecule has 5 atom stereocenters. The molecule has 0 bridgehead atoms. The van der Waals surface area contributed by atoms with Crippen molar-refractivity contribution in [3.8, 4) is 0 Å². The highest BCUT2D eigenvalue weighted by Crippen LogP contribution is 2.38. The van der Waals surface area contributed by atoms with E-state index in [-0.39, 0.29) is 41.4 Å². The summed E-state index contributed by atoms with van der Waals surface area (Å²) in [5, 5.41) is 15.6. The van der Waals surface area contributed by atoms with Gasteiger partial charge in [-0.15, -0.1) is 0 Å². The zero-order chi connectivity index (χ0) is 24.3. The molecule has 0 saturated carbocycles. The Kier molecular flexibility index (Phi) is 8.14. The number of likely N-dealkylation sites (N-methyl/N-ethyl adjacent to an activating group) is 1. The van der Waals surface area contributed by atoms with Crippen LogP contribution in [0, 0.1) is 28.4 Å². The molecule has 0 aliphatic carbocycles. The maximum absolute atomic E-state index is 14.2. The lowest BCUT2D eigenvalue weighted by molar-refractivity contribution is -0.0674. The lowest BCUT2D eigenvalue weighted by Crippen LogP contribution is -2.47. The Balaban J connectivity index is 0.00000149. The number of aliphatic imine (C=N–C) groups is 1. The van der Waals surface area contributed by atoms with Gasteiger partial charge in [0.2, 0.25) is 0 Å². The first-order valence-electron chi connectivity index (χ1n) is 11.3. The van der Waals surface area contributed by atoms with Gasteiger partial charge < -0.3 is 20.1 Å². The molecule has 0 radical (unpaired) electrons. The zero-order valence-electron chi connectivity index (χ0n) is 19.6. The highest BCUT2D eigenvalue weighted by atomic mass is 19.1. The Hall–Kier alpha value is -2.43. The number of hydrogen-bond acceptors (Lipinski definition) is 8. The SMILES string of the molecule is CCN1C(C(=N)OC(C)=N)=NC2CN(C3CO[C@H](c4cc(F)ccc4F)C(C)C3)CC21.CN. The number of nitrogens with one attached hydrogen (secondary N) is 2. The number of fused-ring (bicyclic) bond motifs is 1. The largest absolute Gasteiger partial charge is 0.422 e. The number of amidine groups is 1. The third-order valence-electron chi connectivity index (χ3n) is 6.46. The fourth-order valence-electron chi connectivity index (χ4n) is 5.07. The molecule has 2 saturated heterocycles. The molecular formula is C23H34F2N6O2. The number of rotatable bonds is 4. The second-order valence-electron chi connectivity index (χ2n) is 8.60. The Labute approximate surface area is 193 Å². The van der Waals surface area contributed by atoms with Crippen LogP contribution in [0.4, 0.5) is 8.78 Å². The van der Waals surface area contributed by atoms with Crippen molar-refractivity contribution in [2.45, 2.75) is 51.4 Å². The highest BCUT2D eigenvalue weighted by Gasteiger charge is 2.46. The molecule has 8 nitrogen and oxygen atoms in total. The van der Waals surface area contributed by atoms with E-state index >= 15 is 0 Å². The molecule has 1 aromatic rings. The highest BCUT2D eigenvalue weighted by molar-refractivity contribution is 6.38. The van der Waals surface area contributed by atoms with E-state index in [4.69, 9.17) is 25.3 Å². The van der Waals surface area contributed by atoms with Crippen LogP contribution < -0.4 is 5.73 Å². The molecule has 3 aliphatic rings. The summed E-state index contributed by atoms with van der Waals surface area (Å²) in [5.74, 6) is -0.432. The van der Waals surface area contributed by atoms with Gasteiger partial charge in [0, 0.05) is 38.2 Å². The standard InChI is InChI=1S/C22H29F2N5O2.CH5N/c1-4-29-19-10-28(9-18(19)27-22(29)21(26)31-13(3)25)15-7-12(2)20(30-11-15)16-8-14(23)5-6-17(16)24;1-2/h5-6,8,12,15,18-20,25-26H,4,7,9-11H2,1-3H3;2H2,1H3/t12?,15?,18?,19?,20-;/m0./s1. The van der Waals surface area contributed by atoms with Crippen LogP contribution in [0.5, 0.6) is 0 Å².